The van der Waals surface area contributed by atoms with E-state index in [-0.39, 0.29) is 0 Å². The molecule has 0 aliphatic carbocycles. The molecule has 7 nitrogen and oxygen atoms in total. The lowest BCUT2D eigenvalue weighted by Crippen LogP contribution is -2.31. The van der Waals surface area contributed by atoms with Gasteiger partial charge in [0.05, 0.1) is 5.57 Å². The van der Waals surface area contributed by atoms with Crippen LogP contribution in [-0.4, -0.2) is 33.8 Å². The van der Waals surface area contributed by atoms with Gasteiger partial charge in [0.2, 0.25) is 17.0 Å². The fourth-order valence-corrected chi connectivity index (χ4v) is 5.17. The molecule has 1 atom stereocenters. The van der Waals surface area contributed by atoms with Crippen molar-refractivity contribution in [1.29, 1.82) is 0 Å². The number of carbonyl (C=O) groups excluding carboxylic acids is 1. The molecule has 32 heavy (non-hydrogen) atoms. The summed E-state index contributed by atoms with van der Waals surface area (Å²) < 4.78 is 1.78. The van der Waals surface area contributed by atoms with Crippen LogP contribution in [0.1, 0.15) is 36.9 Å². The minimum atomic E-state index is -0.455. The van der Waals surface area contributed by atoms with Crippen LogP contribution in [-0.2, 0) is 10.5 Å². The molecule has 3 aromatic rings. The van der Waals surface area contributed by atoms with E-state index in [1.807, 2.05) is 25.1 Å². The number of nitrogens with one attached hydrogen (secondary N) is 1. The summed E-state index contributed by atoms with van der Waals surface area (Å²) in [7, 11) is 0. The molecule has 8 heteroatoms. The van der Waals surface area contributed by atoms with Gasteiger partial charge in [-0.2, -0.15) is 4.98 Å². The van der Waals surface area contributed by atoms with Crippen molar-refractivity contribution in [3.05, 3.63) is 77.0 Å². The standard InChI is InChI=1S/C24H26N6OS/c1-16-20(22(25)31)21(18-9-11-19(12-10-18)29-13-5-6-14-29)30-23(26-16)27-24(28-30)32-15-17-7-3-2-4-8-17/h2-4,7-12,21H,5-6,13-15H2,1H3,(H2,25,31)(H,26,27,28). The number of amides is 1. The van der Waals surface area contributed by atoms with E-state index in [9.17, 15) is 4.79 Å². The molecule has 2 aliphatic heterocycles. The van der Waals surface area contributed by atoms with Crippen LogP contribution in [0, 0.1) is 0 Å². The molecular formula is C24H26N6OS. The van der Waals surface area contributed by atoms with Gasteiger partial charge in [-0.1, -0.05) is 54.2 Å². The van der Waals surface area contributed by atoms with Crippen molar-refractivity contribution in [2.75, 3.05) is 23.3 Å². The highest BCUT2D eigenvalue weighted by Gasteiger charge is 2.33. The van der Waals surface area contributed by atoms with Crippen molar-refractivity contribution in [3.8, 4) is 0 Å². The Morgan fingerprint density at radius 1 is 1.12 bits per heavy atom. The summed E-state index contributed by atoms with van der Waals surface area (Å²) in [5.74, 6) is 0.939. The molecule has 0 saturated carbocycles. The SMILES string of the molecule is CC1=C(C(N)=O)C(c2ccc(N3CCCC3)cc2)n2nc(SCc3ccccc3)nc2N1. The predicted molar refractivity (Wildman–Crippen MR) is 128 cm³/mol. The maximum Gasteiger partial charge on any atom is 0.248 e. The number of carbonyl (C=O) groups is 1. The number of thioether (sulfide) groups is 1. The molecule has 2 aliphatic rings. The number of nitrogens with zero attached hydrogens (tertiary/aromatic N) is 4. The number of primary amides is 1. The van der Waals surface area contributed by atoms with Crippen molar-refractivity contribution in [2.45, 2.75) is 36.7 Å². The van der Waals surface area contributed by atoms with Gasteiger partial charge in [0.1, 0.15) is 6.04 Å². The molecule has 0 radical (unpaired) electrons. The molecule has 1 saturated heterocycles. The molecule has 1 amide bonds. The van der Waals surface area contributed by atoms with Crippen LogP contribution in [0.2, 0.25) is 0 Å². The molecule has 3 N–H and O–H groups in total. The lowest BCUT2D eigenvalue weighted by Gasteiger charge is -2.28. The summed E-state index contributed by atoms with van der Waals surface area (Å²) in [6.07, 6.45) is 2.46. The first-order valence-electron chi connectivity index (χ1n) is 10.9. The zero-order chi connectivity index (χ0) is 22.1. The maximum absolute atomic E-state index is 12.4. The summed E-state index contributed by atoms with van der Waals surface area (Å²) in [5.41, 5.74) is 10.4. The number of rotatable bonds is 6. The normalized spacial score (nSPS) is 17.9. The first kappa shape index (κ1) is 20.6. The molecule has 164 valence electrons. The predicted octanol–water partition coefficient (Wildman–Crippen LogP) is 3.94. The molecule has 1 aromatic heterocycles. The van der Waals surface area contributed by atoms with Crippen molar-refractivity contribution in [2.24, 2.45) is 5.73 Å². The van der Waals surface area contributed by atoms with Crippen molar-refractivity contribution in [1.82, 2.24) is 14.8 Å². The van der Waals surface area contributed by atoms with E-state index in [0.29, 0.717) is 22.4 Å². The van der Waals surface area contributed by atoms with Crippen LogP contribution in [0.4, 0.5) is 11.6 Å². The van der Waals surface area contributed by atoms with E-state index in [1.54, 1.807) is 16.4 Å². The third kappa shape index (κ3) is 3.98. The van der Waals surface area contributed by atoms with Crippen molar-refractivity contribution in [3.63, 3.8) is 0 Å². The maximum atomic E-state index is 12.4. The van der Waals surface area contributed by atoms with Gasteiger partial charge in [0, 0.05) is 30.2 Å². The summed E-state index contributed by atoms with van der Waals surface area (Å²) in [5, 5.41) is 8.62. The Kier molecular flexibility index (Phi) is 5.61. The van der Waals surface area contributed by atoms with Gasteiger partial charge < -0.3 is 16.0 Å². The fraction of sp³-hybridized carbons (Fsp3) is 0.292. The lowest BCUT2D eigenvalue weighted by molar-refractivity contribution is -0.115. The Morgan fingerprint density at radius 3 is 2.53 bits per heavy atom. The quantitative estimate of drug-likeness (QED) is 0.558. The van der Waals surface area contributed by atoms with Crippen LogP contribution < -0.4 is 16.0 Å². The highest BCUT2D eigenvalue weighted by Crippen LogP contribution is 2.37. The number of fused-ring (bicyclic) bond motifs is 1. The zero-order valence-electron chi connectivity index (χ0n) is 18.0. The topological polar surface area (TPSA) is 89.1 Å². The summed E-state index contributed by atoms with van der Waals surface area (Å²) in [6.45, 7) is 4.04. The second-order valence-corrected chi connectivity index (χ2v) is 9.10. The Balaban J connectivity index is 1.46. The fourth-order valence-electron chi connectivity index (χ4n) is 4.38. The smallest absolute Gasteiger partial charge is 0.248 e. The van der Waals surface area contributed by atoms with E-state index in [0.717, 1.165) is 24.4 Å². The Bertz CT molecular complexity index is 1150. The summed E-state index contributed by atoms with van der Waals surface area (Å²) in [6, 6.07) is 18.2. The molecule has 1 fully saturated rings. The highest BCUT2D eigenvalue weighted by atomic mass is 32.2. The second-order valence-electron chi connectivity index (χ2n) is 8.15. The summed E-state index contributed by atoms with van der Waals surface area (Å²) in [4.78, 5) is 19.5. The average Bonchev–Trinajstić information content (AvgIpc) is 3.47. The average molecular weight is 447 g/mol. The van der Waals surface area contributed by atoms with Crippen LogP contribution in [0.3, 0.4) is 0 Å². The summed E-state index contributed by atoms with van der Waals surface area (Å²) >= 11 is 1.57. The lowest BCUT2D eigenvalue weighted by atomic mass is 9.95. The highest BCUT2D eigenvalue weighted by molar-refractivity contribution is 7.98. The van der Waals surface area contributed by atoms with Gasteiger partial charge in [-0.25, -0.2) is 4.68 Å². The number of benzene rings is 2. The third-order valence-corrected chi connectivity index (χ3v) is 6.90. The van der Waals surface area contributed by atoms with Gasteiger partial charge in [-0.05, 0) is 43.0 Å². The molecule has 1 unspecified atom stereocenters. The van der Waals surface area contributed by atoms with Gasteiger partial charge in [-0.15, -0.1) is 5.10 Å². The number of nitrogens with two attached hydrogens (primary N) is 1. The van der Waals surface area contributed by atoms with Gasteiger partial charge in [-0.3, -0.25) is 4.79 Å². The minimum absolute atomic E-state index is 0.407. The third-order valence-electron chi connectivity index (χ3n) is 5.99. The monoisotopic (exact) mass is 446 g/mol. The molecule has 5 rings (SSSR count). The molecule has 3 heterocycles. The van der Waals surface area contributed by atoms with E-state index >= 15 is 0 Å². The van der Waals surface area contributed by atoms with E-state index < -0.39 is 11.9 Å². The van der Waals surface area contributed by atoms with E-state index in [1.165, 1.54) is 24.1 Å². The van der Waals surface area contributed by atoms with Crippen LogP contribution >= 0.6 is 11.8 Å². The Morgan fingerprint density at radius 2 is 1.84 bits per heavy atom. The van der Waals surface area contributed by atoms with Crippen LogP contribution in [0.25, 0.3) is 0 Å². The first-order chi connectivity index (χ1) is 15.6. The number of hydrogen-bond acceptors (Lipinski definition) is 6. The van der Waals surface area contributed by atoms with E-state index in [4.69, 9.17) is 10.8 Å². The van der Waals surface area contributed by atoms with Gasteiger partial charge in [0.15, 0.2) is 0 Å². The van der Waals surface area contributed by atoms with Crippen molar-refractivity contribution < 1.29 is 4.79 Å². The second kappa shape index (κ2) is 8.70. The molecule has 0 bridgehead atoms. The van der Waals surface area contributed by atoms with Crippen LogP contribution in [0.5, 0.6) is 0 Å². The molecule has 2 aromatic carbocycles. The zero-order valence-corrected chi connectivity index (χ0v) is 18.8. The largest absolute Gasteiger partial charge is 0.372 e. The first-order valence-corrected chi connectivity index (χ1v) is 11.8. The molecule has 0 spiro atoms. The molecular weight excluding hydrogens is 420 g/mol. The Labute approximate surface area is 191 Å². The number of aromatic nitrogens is 3. The van der Waals surface area contributed by atoms with Crippen LogP contribution in [0.15, 0.2) is 71.0 Å². The van der Waals surface area contributed by atoms with Gasteiger partial charge >= 0.3 is 0 Å². The number of anilines is 2. The van der Waals surface area contributed by atoms with Gasteiger partial charge in [0.25, 0.3) is 0 Å². The number of allylic oxidation sites excluding steroid dienone is 1. The number of hydrogen-bond donors (Lipinski definition) is 2. The Hall–Kier alpha value is -3.26. The minimum Gasteiger partial charge on any atom is -0.372 e. The van der Waals surface area contributed by atoms with E-state index in [2.05, 4.69) is 51.6 Å². The van der Waals surface area contributed by atoms with Crippen molar-refractivity contribution >= 4 is 29.3 Å².